The summed E-state index contributed by atoms with van der Waals surface area (Å²) < 4.78 is 10.9. The van der Waals surface area contributed by atoms with Crippen molar-refractivity contribution in [3.05, 3.63) is 35.4 Å². The van der Waals surface area contributed by atoms with Crippen LogP contribution in [0.15, 0.2) is 24.3 Å². The minimum absolute atomic E-state index is 0.222. The molecule has 0 bridgehead atoms. The maximum atomic E-state index is 5.77. The molecule has 0 heterocycles. The first-order valence-corrected chi connectivity index (χ1v) is 7.49. The fourth-order valence-corrected chi connectivity index (χ4v) is 2.95. The molecule has 3 nitrogen and oxygen atoms in total. The first-order chi connectivity index (χ1) is 9.57. The molecule has 20 heavy (non-hydrogen) atoms. The Kier molecular flexibility index (Phi) is 5.19. The fourth-order valence-electron chi connectivity index (χ4n) is 2.95. The maximum absolute atomic E-state index is 5.77. The second kappa shape index (κ2) is 6.70. The Balaban J connectivity index is 1.86. The normalized spacial score (nSPS) is 24.4. The van der Waals surface area contributed by atoms with Crippen LogP contribution >= 0.6 is 0 Å². The Morgan fingerprint density at radius 1 is 1.30 bits per heavy atom. The molecule has 1 saturated carbocycles. The van der Waals surface area contributed by atoms with Gasteiger partial charge in [0.15, 0.2) is 0 Å². The van der Waals surface area contributed by atoms with Crippen LogP contribution < -0.4 is 5.32 Å². The quantitative estimate of drug-likeness (QED) is 0.830. The van der Waals surface area contributed by atoms with Crippen molar-refractivity contribution in [3.8, 4) is 0 Å². The molecule has 1 aromatic carbocycles. The van der Waals surface area contributed by atoms with E-state index < -0.39 is 0 Å². The van der Waals surface area contributed by atoms with E-state index in [1.54, 1.807) is 7.11 Å². The fraction of sp³-hybridized carbons (Fsp3) is 0.647. The number of ether oxygens (including phenoxy) is 2. The summed E-state index contributed by atoms with van der Waals surface area (Å²) in [5, 5.41) is 3.66. The minimum Gasteiger partial charge on any atom is -0.380 e. The summed E-state index contributed by atoms with van der Waals surface area (Å²) in [5.74, 6) is 0. The van der Waals surface area contributed by atoms with Crippen molar-refractivity contribution in [2.24, 2.45) is 5.41 Å². The Labute approximate surface area is 122 Å². The lowest BCUT2D eigenvalue weighted by atomic mass is 9.64. The van der Waals surface area contributed by atoms with Gasteiger partial charge in [0.1, 0.15) is 0 Å². The largest absolute Gasteiger partial charge is 0.380 e. The average molecular weight is 277 g/mol. The lowest BCUT2D eigenvalue weighted by molar-refractivity contribution is -0.114. The number of nitrogens with one attached hydrogen (secondary N) is 1. The second-order valence-electron chi connectivity index (χ2n) is 6.19. The SMILES string of the molecule is CCOC1CC(NCc2cccc(COC)c2)C1(C)C. The highest BCUT2D eigenvalue weighted by atomic mass is 16.5. The van der Waals surface area contributed by atoms with Gasteiger partial charge in [0.25, 0.3) is 0 Å². The summed E-state index contributed by atoms with van der Waals surface area (Å²) in [5.41, 5.74) is 2.77. The molecule has 2 atom stereocenters. The van der Waals surface area contributed by atoms with Crippen molar-refractivity contribution in [2.45, 2.75) is 52.5 Å². The summed E-state index contributed by atoms with van der Waals surface area (Å²) in [6, 6.07) is 9.11. The molecule has 2 rings (SSSR count). The van der Waals surface area contributed by atoms with E-state index in [1.807, 2.05) is 0 Å². The topological polar surface area (TPSA) is 30.5 Å². The highest BCUT2D eigenvalue weighted by Crippen LogP contribution is 2.42. The molecule has 112 valence electrons. The molecule has 1 aromatic rings. The van der Waals surface area contributed by atoms with Gasteiger partial charge in [-0.05, 0) is 24.5 Å². The summed E-state index contributed by atoms with van der Waals surface area (Å²) >= 11 is 0. The molecule has 1 N–H and O–H groups in total. The number of hydrogen-bond acceptors (Lipinski definition) is 3. The molecule has 0 spiro atoms. The third-order valence-corrected chi connectivity index (χ3v) is 4.40. The van der Waals surface area contributed by atoms with Crippen molar-refractivity contribution >= 4 is 0 Å². The molecule has 0 saturated heterocycles. The van der Waals surface area contributed by atoms with Crippen LogP contribution in [0.25, 0.3) is 0 Å². The van der Waals surface area contributed by atoms with Crippen LogP contribution in [0.5, 0.6) is 0 Å². The summed E-state index contributed by atoms with van der Waals surface area (Å²) in [6.07, 6.45) is 1.50. The third-order valence-electron chi connectivity index (χ3n) is 4.40. The van der Waals surface area contributed by atoms with Crippen LogP contribution in [-0.2, 0) is 22.6 Å². The smallest absolute Gasteiger partial charge is 0.0713 e. The van der Waals surface area contributed by atoms with Crippen LogP contribution in [0.4, 0.5) is 0 Å². The van der Waals surface area contributed by atoms with Crippen molar-refractivity contribution < 1.29 is 9.47 Å². The zero-order valence-corrected chi connectivity index (χ0v) is 13.1. The Hall–Kier alpha value is -0.900. The van der Waals surface area contributed by atoms with Gasteiger partial charge in [0, 0.05) is 31.7 Å². The number of rotatable bonds is 7. The average Bonchev–Trinajstić information content (AvgIpc) is 2.43. The number of hydrogen-bond donors (Lipinski definition) is 1. The van der Waals surface area contributed by atoms with E-state index in [0.29, 0.717) is 18.8 Å². The van der Waals surface area contributed by atoms with Crippen molar-refractivity contribution in [2.75, 3.05) is 13.7 Å². The van der Waals surface area contributed by atoms with Crippen LogP contribution in [0.1, 0.15) is 38.3 Å². The standard InChI is InChI=1S/C17H27NO2/c1-5-20-16-10-15(17(16,2)3)18-11-13-7-6-8-14(9-13)12-19-4/h6-9,15-16,18H,5,10-12H2,1-4H3. The zero-order valence-electron chi connectivity index (χ0n) is 13.1. The second-order valence-corrected chi connectivity index (χ2v) is 6.19. The van der Waals surface area contributed by atoms with Gasteiger partial charge in [-0.1, -0.05) is 38.1 Å². The van der Waals surface area contributed by atoms with E-state index in [4.69, 9.17) is 9.47 Å². The van der Waals surface area contributed by atoms with E-state index in [2.05, 4.69) is 50.4 Å². The predicted molar refractivity (Wildman–Crippen MR) is 81.6 cm³/mol. The maximum Gasteiger partial charge on any atom is 0.0713 e. The van der Waals surface area contributed by atoms with Gasteiger partial charge in [0.05, 0.1) is 12.7 Å². The molecular weight excluding hydrogens is 250 g/mol. The highest BCUT2D eigenvalue weighted by molar-refractivity contribution is 5.23. The van der Waals surface area contributed by atoms with Crippen LogP contribution in [0, 0.1) is 5.41 Å². The van der Waals surface area contributed by atoms with E-state index in [1.165, 1.54) is 11.1 Å². The minimum atomic E-state index is 0.222. The molecular formula is C17H27NO2. The zero-order chi connectivity index (χ0) is 14.6. The third kappa shape index (κ3) is 3.40. The molecule has 0 aliphatic heterocycles. The van der Waals surface area contributed by atoms with Gasteiger partial charge in [0.2, 0.25) is 0 Å². The van der Waals surface area contributed by atoms with E-state index in [-0.39, 0.29) is 5.41 Å². The first kappa shape index (κ1) is 15.5. The van der Waals surface area contributed by atoms with E-state index >= 15 is 0 Å². The van der Waals surface area contributed by atoms with Gasteiger partial charge in [-0.3, -0.25) is 0 Å². The molecule has 1 fully saturated rings. The monoisotopic (exact) mass is 277 g/mol. The summed E-state index contributed by atoms with van der Waals surface area (Å²) in [6.45, 7) is 9.03. The van der Waals surface area contributed by atoms with Crippen molar-refractivity contribution in [1.29, 1.82) is 0 Å². The molecule has 2 unspecified atom stereocenters. The van der Waals surface area contributed by atoms with E-state index in [9.17, 15) is 0 Å². The van der Waals surface area contributed by atoms with Gasteiger partial charge in [-0.2, -0.15) is 0 Å². The van der Waals surface area contributed by atoms with Gasteiger partial charge >= 0.3 is 0 Å². The van der Waals surface area contributed by atoms with Crippen molar-refractivity contribution in [3.63, 3.8) is 0 Å². The van der Waals surface area contributed by atoms with Crippen LogP contribution in [0.3, 0.4) is 0 Å². The summed E-state index contributed by atoms with van der Waals surface area (Å²) in [7, 11) is 1.73. The Bertz CT molecular complexity index is 431. The lowest BCUT2D eigenvalue weighted by Gasteiger charge is -2.52. The summed E-state index contributed by atoms with van der Waals surface area (Å²) in [4.78, 5) is 0. The molecule has 1 aliphatic carbocycles. The number of benzene rings is 1. The van der Waals surface area contributed by atoms with Gasteiger partial charge in [-0.25, -0.2) is 0 Å². The molecule has 1 aliphatic rings. The molecule has 0 radical (unpaired) electrons. The van der Waals surface area contributed by atoms with Crippen LogP contribution in [-0.4, -0.2) is 25.9 Å². The predicted octanol–water partition coefficient (Wildman–Crippen LogP) is 3.13. The van der Waals surface area contributed by atoms with Gasteiger partial charge in [-0.15, -0.1) is 0 Å². The number of methoxy groups -OCH3 is 1. The van der Waals surface area contributed by atoms with Crippen molar-refractivity contribution in [1.82, 2.24) is 5.32 Å². The van der Waals surface area contributed by atoms with Gasteiger partial charge < -0.3 is 14.8 Å². The van der Waals surface area contributed by atoms with E-state index in [0.717, 1.165) is 19.6 Å². The molecule has 0 amide bonds. The highest BCUT2D eigenvalue weighted by Gasteiger charge is 2.48. The first-order valence-electron chi connectivity index (χ1n) is 7.49. The Morgan fingerprint density at radius 3 is 2.70 bits per heavy atom. The lowest BCUT2D eigenvalue weighted by Crippen LogP contribution is -2.60. The molecule has 0 aromatic heterocycles. The molecule has 3 heteroatoms. The Morgan fingerprint density at radius 2 is 2.05 bits per heavy atom. The van der Waals surface area contributed by atoms with Crippen LogP contribution in [0.2, 0.25) is 0 Å².